The van der Waals surface area contributed by atoms with Gasteiger partial charge in [0.25, 0.3) is 10.0 Å². The van der Waals surface area contributed by atoms with Gasteiger partial charge in [-0.25, -0.2) is 17.9 Å². The van der Waals surface area contributed by atoms with Crippen molar-refractivity contribution in [2.75, 3.05) is 11.9 Å². The van der Waals surface area contributed by atoms with E-state index in [4.69, 9.17) is 11.6 Å². The first-order valence-corrected chi connectivity index (χ1v) is 9.56. The molecule has 134 valence electrons. The standard InChI is InChI=1S/C16H19ClN4O3S/c1-2-3-9-19-16(22)21-25(23,24)15-11-18-10-8-14(15)20-13-7-5-4-6-12(13)17/h4-8,10-11H,2-3,9H2,1H3,(H,18,20)(H2,19,21,22). The van der Waals surface area contributed by atoms with Crippen LogP contribution in [0.1, 0.15) is 19.8 Å². The van der Waals surface area contributed by atoms with E-state index >= 15 is 0 Å². The lowest BCUT2D eigenvalue weighted by Gasteiger charge is -2.14. The summed E-state index contributed by atoms with van der Waals surface area (Å²) in [6, 6.07) is 7.64. The largest absolute Gasteiger partial charge is 0.353 e. The predicted molar refractivity (Wildman–Crippen MR) is 97.6 cm³/mol. The summed E-state index contributed by atoms with van der Waals surface area (Å²) in [4.78, 5) is 15.4. The van der Waals surface area contributed by atoms with Crippen molar-refractivity contribution in [3.63, 3.8) is 0 Å². The Morgan fingerprint density at radius 2 is 1.96 bits per heavy atom. The Hall–Kier alpha value is -2.32. The molecule has 2 aromatic rings. The zero-order chi connectivity index (χ0) is 18.3. The number of unbranched alkanes of at least 4 members (excludes halogenated alkanes) is 1. The Balaban J connectivity index is 2.21. The highest BCUT2D eigenvalue weighted by atomic mass is 35.5. The number of nitrogens with zero attached hydrogens (tertiary/aromatic N) is 1. The molecule has 2 rings (SSSR count). The lowest BCUT2D eigenvalue weighted by Crippen LogP contribution is -2.39. The molecular formula is C16H19ClN4O3S. The SMILES string of the molecule is CCCCNC(=O)NS(=O)(=O)c1cnccc1Nc1ccccc1Cl. The molecule has 1 aromatic heterocycles. The molecule has 3 N–H and O–H groups in total. The number of hydrogen-bond donors (Lipinski definition) is 3. The summed E-state index contributed by atoms with van der Waals surface area (Å²) in [6.07, 6.45) is 4.27. The number of halogens is 1. The summed E-state index contributed by atoms with van der Waals surface area (Å²) in [6.45, 7) is 2.37. The second-order valence-electron chi connectivity index (χ2n) is 5.19. The van der Waals surface area contributed by atoms with Crippen LogP contribution < -0.4 is 15.4 Å². The first kappa shape index (κ1) is 19.0. The average molecular weight is 383 g/mol. The Bertz CT molecular complexity index is 843. The van der Waals surface area contributed by atoms with Crippen molar-refractivity contribution in [3.05, 3.63) is 47.7 Å². The maximum absolute atomic E-state index is 12.5. The molecule has 2 amide bonds. The van der Waals surface area contributed by atoms with Gasteiger partial charge >= 0.3 is 6.03 Å². The molecule has 0 fully saturated rings. The number of aromatic nitrogens is 1. The minimum atomic E-state index is -4.09. The minimum Gasteiger partial charge on any atom is -0.353 e. The fourth-order valence-corrected chi connectivity index (χ4v) is 3.21. The molecule has 25 heavy (non-hydrogen) atoms. The number of hydrogen-bond acceptors (Lipinski definition) is 5. The topological polar surface area (TPSA) is 100 Å². The van der Waals surface area contributed by atoms with Crippen LogP contribution in [0, 0.1) is 0 Å². The average Bonchev–Trinajstić information content (AvgIpc) is 2.57. The lowest BCUT2D eigenvalue weighted by molar-refractivity contribution is 0.245. The first-order valence-electron chi connectivity index (χ1n) is 7.70. The van der Waals surface area contributed by atoms with Crippen LogP contribution >= 0.6 is 11.6 Å². The molecular weight excluding hydrogens is 364 g/mol. The van der Waals surface area contributed by atoms with Crippen LogP contribution in [0.3, 0.4) is 0 Å². The number of rotatable bonds is 7. The van der Waals surface area contributed by atoms with Crippen molar-refractivity contribution >= 4 is 39.0 Å². The normalized spacial score (nSPS) is 11.0. The van der Waals surface area contributed by atoms with Crippen molar-refractivity contribution in [1.82, 2.24) is 15.0 Å². The highest BCUT2D eigenvalue weighted by Crippen LogP contribution is 2.28. The summed E-state index contributed by atoms with van der Waals surface area (Å²) in [5, 5.41) is 5.88. The fraction of sp³-hybridized carbons (Fsp3) is 0.250. The van der Waals surface area contributed by atoms with Gasteiger partial charge in [0.05, 0.1) is 16.4 Å². The molecule has 0 bridgehead atoms. The Kier molecular flexibility index (Phi) is 6.60. The fourth-order valence-electron chi connectivity index (χ4n) is 2.00. The number of benzene rings is 1. The lowest BCUT2D eigenvalue weighted by atomic mass is 10.3. The molecule has 0 aliphatic heterocycles. The summed E-state index contributed by atoms with van der Waals surface area (Å²) in [5.74, 6) is 0. The van der Waals surface area contributed by atoms with Crippen molar-refractivity contribution < 1.29 is 13.2 Å². The van der Waals surface area contributed by atoms with E-state index in [1.807, 2.05) is 11.6 Å². The molecule has 0 aliphatic rings. The van der Waals surface area contributed by atoms with Crippen LogP contribution in [-0.2, 0) is 10.0 Å². The first-order chi connectivity index (χ1) is 11.9. The van der Waals surface area contributed by atoms with Crippen LogP contribution in [0.5, 0.6) is 0 Å². The van der Waals surface area contributed by atoms with Crippen molar-refractivity contribution in [3.8, 4) is 0 Å². The third-order valence-electron chi connectivity index (χ3n) is 3.26. The van der Waals surface area contributed by atoms with Crippen LogP contribution in [0.4, 0.5) is 16.2 Å². The minimum absolute atomic E-state index is 0.152. The second kappa shape index (κ2) is 8.68. The molecule has 0 spiro atoms. The zero-order valence-corrected chi connectivity index (χ0v) is 15.2. The quantitative estimate of drug-likeness (QED) is 0.638. The van der Waals surface area contributed by atoms with Gasteiger partial charge in [-0.05, 0) is 24.6 Å². The van der Waals surface area contributed by atoms with Crippen LogP contribution in [0.25, 0.3) is 0 Å². The van der Waals surface area contributed by atoms with E-state index in [0.717, 1.165) is 12.8 Å². The zero-order valence-electron chi connectivity index (χ0n) is 13.6. The van der Waals surface area contributed by atoms with Crippen LogP contribution in [-0.4, -0.2) is 26.0 Å². The smallest absolute Gasteiger partial charge is 0.328 e. The van der Waals surface area contributed by atoms with E-state index in [0.29, 0.717) is 17.3 Å². The number of nitrogens with one attached hydrogen (secondary N) is 3. The van der Waals surface area contributed by atoms with Crippen molar-refractivity contribution in [2.45, 2.75) is 24.7 Å². The summed E-state index contributed by atoms with van der Waals surface area (Å²) in [5.41, 5.74) is 0.802. The Morgan fingerprint density at radius 3 is 2.68 bits per heavy atom. The van der Waals surface area contributed by atoms with Gasteiger partial charge in [-0.2, -0.15) is 0 Å². The van der Waals surface area contributed by atoms with Gasteiger partial charge < -0.3 is 10.6 Å². The summed E-state index contributed by atoms with van der Waals surface area (Å²) < 4.78 is 27.0. The maximum Gasteiger partial charge on any atom is 0.328 e. The van der Waals surface area contributed by atoms with Gasteiger partial charge in [0.1, 0.15) is 4.90 Å². The maximum atomic E-state index is 12.5. The third kappa shape index (κ3) is 5.33. The van der Waals surface area contributed by atoms with Gasteiger partial charge in [-0.3, -0.25) is 4.98 Å². The van der Waals surface area contributed by atoms with Gasteiger partial charge in [0.2, 0.25) is 0 Å². The molecule has 0 saturated carbocycles. The number of para-hydroxylation sites is 1. The number of urea groups is 1. The second-order valence-corrected chi connectivity index (χ2v) is 7.25. The summed E-state index contributed by atoms with van der Waals surface area (Å²) >= 11 is 6.09. The van der Waals surface area contributed by atoms with E-state index < -0.39 is 16.1 Å². The summed E-state index contributed by atoms with van der Waals surface area (Å²) in [7, 11) is -4.09. The van der Waals surface area contributed by atoms with Crippen molar-refractivity contribution in [1.29, 1.82) is 0 Å². The molecule has 9 heteroatoms. The van der Waals surface area contributed by atoms with Gasteiger partial charge in [0.15, 0.2) is 0 Å². The number of anilines is 2. The highest BCUT2D eigenvalue weighted by molar-refractivity contribution is 7.90. The molecule has 0 radical (unpaired) electrons. The molecule has 0 atom stereocenters. The van der Waals surface area contributed by atoms with E-state index in [-0.39, 0.29) is 10.6 Å². The predicted octanol–water partition coefficient (Wildman–Crippen LogP) is 3.27. The molecule has 0 unspecified atom stereocenters. The number of carbonyl (C=O) groups is 1. The number of carbonyl (C=O) groups excluding carboxylic acids is 1. The molecule has 7 nitrogen and oxygen atoms in total. The molecule has 0 saturated heterocycles. The Labute approximate surface area is 151 Å². The van der Waals surface area contributed by atoms with E-state index in [2.05, 4.69) is 15.6 Å². The Morgan fingerprint density at radius 1 is 1.20 bits per heavy atom. The number of pyridine rings is 1. The number of amides is 2. The van der Waals surface area contributed by atoms with E-state index in [9.17, 15) is 13.2 Å². The van der Waals surface area contributed by atoms with Gasteiger partial charge in [-0.1, -0.05) is 37.1 Å². The van der Waals surface area contributed by atoms with Gasteiger partial charge in [0, 0.05) is 18.9 Å². The van der Waals surface area contributed by atoms with E-state index in [1.165, 1.54) is 18.5 Å². The van der Waals surface area contributed by atoms with E-state index in [1.54, 1.807) is 24.3 Å². The molecule has 0 aliphatic carbocycles. The molecule has 1 aromatic carbocycles. The number of sulfonamides is 1. The van der Waals surface area contributed by atoms with Crippen LogP contribution in [0.15, 0.2) is 47.6 Å². The van der Waals surface area contributed by atoms with Crippen molar-refractivity contribution in [2.24, 2.45) is 0 Å². The highest BCUT2D eigenvalue weighted by Gasteiger charge is 2.22. The van der Waals surface area contributed by atoms with Gasteiger partial charge in [-0.15, -0.1) is 0 Å². The van der Waals surface area contributed by atoms with Crippen LogP contribution in [0.2, 0.25) is 5.02 Å². The molecule has 1 heterocycles. The third-order valence-corrected chi connectivity index (χ3v) is 4.95. The monoisotopic (exact) mass is 382 g/mol.